The molecule has 1 aromatic rings. The molecular formula is C70H108ClF3N12O12S. The van der Waals surface area contributed by atoms with Crippen LogP contribution in [0.3, 0.4) is 0 Å². The van der Waals surface area contributed by atoms with Crippen LogP contribution in [0.2, 0.25) is 5.02 Å². The number of hydrogen-bond donors (Lipinski definition) is 3. The number of likely N-dealkylation sites (N-methyl/N-ethyl adjacent to an activating group) is 8. The summed E-state index contributed by atoms with van der Waals surface area (Å²) in [6, 6.07) is -5.00. The number of nitrogens with one attached hydrogen (secondary N) is 3. The SMILES string of the molecule is CC[C@H](C)[C@@H]1NC(=O)[C@H](CC(C)C)N(C)C(=O)CSC[C@@H](C(=O)N(C)C)N(C)C(=O)C(C2CCCC2)N(C)C(=O)C2(CCCC2)NC(=O)[C@@H]2CCCN2C(=O)[C@H](CCc2ccc(C(F)(F)F)c(Cl)c2)NC(=O)CN(C)C(=O)[C@H](CC2CCCCC2)N(C)C(=O)CN(C)C(=O)CN(C)C1=O. The minimum absolute atomic E-state index is 0.0202. The minimum Gasteiger partial charge on any atom is -0.347 e. The van der Waals surface area contributed by atoms with Crippen LogP contribution in [-0.4, -0.2) is 264 Å². The number of carbonyl (C=O) groups is 12. The summed E-state index contributed by atoms with van der Waals surface area (Å²) in [6.45, 7) is 5.77. The van der Waals surface area contributed by atoms with Crippen molar-refractivity contribution in [2.45, 2.75) is 210 Å². The Morgan fingerprint density at radius 1 is 0.677 bits per heavy atom. The van der Waals surface area contributed by atoms with Crippen molar-refractivity contribution in [2.24, 2.45) is 23.7 Å². The molecule has 2 heterocycles. The van der Waals surface area contributed by atoms with Gasteiger partial charge in [-0.25, -0.2) is 0 Å². The number of rotatable bonds is 11. The Morgan fingerprint density at radius 2 is 1.28 bits per heavy atom. The van der Waals surface area contributed by atoms with Crippen LogP contribution in [0.15, 0.2) is 18.2 Å². The number of nitrogens with zero attached hydrogens (tertiary/aromatic N) is 9. The molecule has 554 valence electrons. The molecule has 99 heavy (non-hydrogen) atoms. The van der Waals surface area contributed by atoms with E-state index in [1.54, 1.807) is 21.0 Å². The third-order valence-corrected chi connectivity index (χ3v) is 22.3. The van der Waals surface area contributed by atoms with Crippen LogP contribution in [0.1, 0.15) is 161 Å². The molecule has 0 bridgehead atoms. The smallest absolute Gasteiger partial charge is 0.347 e. The quantitative estimate of drug-likeness (QED) is 0.249. The van der Waals surface area contributed by atoms with E-state index in [2.05, 4.69) is 16.0 Å². The van der Waals surface area contributed by atoms with Crippen molar-refractivity contribution in [3.8, 4) is 0 Å². The summed E-state index contributed by atoms with van der Waals surface area (Å²) in [5.74, 6) is -8.42. The molecule has 29 heteroatoms. The summed E-state index contributed by atoms with van der Waals surface area (Å²) in [5, 5.41) is 8.14. The van der Waals surface area contributed by atoms with E-state index in [9.17, 15) is 51.5 Å². The van der Waals surface area contributed by atoms with Gasteiger partial charge in [-0.3, -0.25) is 57.5 Å². The molecule has 5 aliphatic rings. The van der Waals surface area contributed by atoms with Gasteiger partial charge in [0.1, 0.15) is 47.8 Å². The fourth-order valence-electron chi connectivity index (χ4n) is 14.7. The number of amides is 12. The molecule has 3 N–H and O–H groups in total. The van der Waals surface area contributed by atoms with E-state index in [0.717, 1.165) is 83.5 Å². The molecule has 8 atom stereocenters. The van der Waals surface area contributed by atoms with Crippen molar-refractivity contribution in [3.05, 3.63) is 34.3 Å². The molecule has 24 nitrogen and oxygen atoms in total. The van der Waals surface area contributed by atoms with Gasteiger partial charge in [0.25, 0.3) is 0 Å². The fraction of sp³-hybridized carbons (Fsp3) is 0.743. The third kappa shape index (κ3) is 21.0. The van der Waals surface area contributed by atoms with Crippen molar-refractivity contribution >= 4 is 94.2 Å². The lowest BCUT2D eigenvalue weighted by atomic mass is 9.84. The minimum atomic E-state index is -4.76. The summed E-state index contributed by atoms with van der Waals surface area (Å²) in [7, 11) is 13.2. The second kappa shape index (κ2) is 36.2. The predicted molar refractivity (Wildman–Crippen MR) is 370 cm³/mol. The maximum Gasteiger partial charge on any atom is 0.417 e. The number of aryl methyl sites for hydroxylation is 1. The summed E-state index contributed by atoms with van der Waals surface area (Å²) in [5.41, 5.74) is -2.30. The largest absolute Gasteiger partial charge is 0.417 e. The van der Waals surface area contributed by atoms with Gasteiger partial charge < -0.3 is 60.0 Å². The Kier molecular flexibility index (Phi) is 29.8. The van der Waals surface area contributed by atoms with Crippen molar-refractivity contribution in [3.63, 3.8) is 0 Å². The average molecular weight is 1430 g/mol. The van der Waals surface area contributed by atoms with Crippen LogP contribution in [0.5, 0.6) is 0 Å². The topological polar surface area (TPSA) is 270 Å². The van der Waals surface area contributed by atoms with E-state index >= 15 is 19.2 Å². The first-order valence-corrected chi connectivity index (χ1v) is 36.7. The number of fused-ring (bicyclic) bond motifs is 1. The van der Waals surface area contributed by atoms with Gasteiger partial charge in [-0.15, -0.1) is 11.8 Å². The zero-order chi connectivity index (χ0) is 73.5. The van der Waals surface area contributed by atoms with Gasteiger partial charge >= 0.3 is 6.18 Å². The maximum atomic E-state index is 15.5. The molecule has 2 saturated heterocycles. The van der Waals surface area contributed by atoms with Gasteiger partial charge in [-0.2, -0.15) is 13.2 Å². The van der Waals surface area contributed by atoms with E-state index in [1.807, 2.05) is 20.8 Å². The van der Waals surface area contributed by atoms with Crippen LogP contribution < -0.4 is 16.0 Å². The molecule has 12 amide bonds. The number of halogens is 4. The van der Waals surface area contributed by atoms with Gasteiger partial charge in [0.2, 0.25) is 70.9 Å². The molecule has 3 saturated carbocycles. The summed E-state index contributed by atoms with van der Waals surface area (Å²) < 4.78 is 41.6. The van der Waals surface area contributed by atoms with Gasteiger partial charge in [0, 0.05) is 75.7 Å². The third-order valence-electron chi connectivity index (χ3n) is 21.0. The second-order valence-corrected chi connectivity index (χ2v) is 30.4. The van der Waals surface area contributed by atoms with E-state index in [1.165, 1.54) is 84.8 Å². The zero-order valence-electron chi connectivity index (χ0n) is 60.3. The molecule has 1 unspecified atom stereocenters. The van der Waals surface area contributed by atoms with Crippen LogP contribution in [0, 0.1) is 23.7 Å². The number of thioether (sulfide) groups is 1. The molecule has 1 spiro atoms. The highest BCUT2D eigenvalue weighted by Crippen LogP contribution is 2.39. The first-order valence-electron chi connectivity index (χ1n) is 35.2. The molecule has 0 radical (unpaired) electrons. The Hall–Kier alpha value is -6.71. The monoisotopic (exact) mass is 1430 g/mol. The molecule has 6 rings (SSSR count). The van der Waals surface area contributed by atoms with Crippen LogP contribution in [0.4, 0.5) is 13.2 Å². The van der Waals surface area contributed by atoms with Crippen LogP contribution >= 0.6 is 23.4 Å². The molecule has 2 aliphatic heterocycles. The van der Waals surface area contributed by atoms with Crippen LogP contribution in [-0.2, 0) is 70.1 Å². The van der Waals surface area contributed by atoms with E-state index in [0.29, 0.717) is 44.1 Å². The van der Waals surface area contributed by atoms with Gasteiger partial charge in [0.05, 0.1) is 36.0 Å². The Bertz CT molecular complexity index is 3070. The highest BCUT2D eigenvalue weighted by molar-refractivity contribution is 8.00. The van der Waals surface area contributed by atoms with E-state index in [4.69, 9.17) is 11.6 Å². The standard InChI is InChI=1S/C70H108ClF3N12O12S/c1-14-44(4)59-66(96)81(9)39-56(88)79(7)40-57(89)83(11)53(37-45-23-16-15-17-24-45)65(95)80(8)38-55(87)75-50(31-29-46-28-30-48(49(71)36-46)70(72,73)74)63(93)86-34-22-27-51(86)62(92)77-69(32-20-21-33-69)68(98)85(13)60(47-25-18-19-26-47)67(97)84(12)54(64(94)78(5)6)41-99-42-58(90)82(10)52(35-43(2)3)61(91)76-59/h28,30,36,43-45,47,50-54,59-60H,14-27,29,31-35,37-42H2,1-13H3,(H,75,87)(H,76,91)(H,77,92)/t44-,50-,51-,52-,53-,54-,59-,60?/m0/s1. The Balaban J connectivity index is 1.39. The normalized spacial score (nSPS) is 26.2. The lowest BCUT2D eigenvalue weighted by Gasteiger charge is -2.41. The van der Waals surface area contributed by atoms with Crippen molar-refractivity contribution in [1.82, 2.24) is 60.0 Å². The lowest BCUT2D eigenvalue weighted by molar-refractivity contribution is -0.154. The van der Waals surface area contributed by atoms with Crippen molar-refractivity contribution in [1.29, 1.82) is 0 Å². The average Bonchev–Trinajstić information content (AvgIpc) is 1.72. The molecule has 3 aliphatic carbocycles. The molecular weight excluding hydrogens is 1330 g/mol. The number of hydrogen-bond acceptors (Lipinski definition) is 13. The first-order chi connectivity index (χ1) is 46.5. The highest BCUT2D eigenvalue weighted by atomic mass is 35.5. The van der Waals surface area contributed by atoms with E-state index < -0.39 is 161 Å². The molecule has 0 aromatic heterocycles. The number of benzene rings is 1. The zero-order valence-corrected chi connectivity index (χ0v) is 61.9. The van der Waals surface area contributed by atoms with Gasteiger partial charge in [-0.1, -0.05) is 110 Å². The second-order valence-electron chi connectivity index (χ2n) is 29.0. The summed E-state index contributed by atoms with van der Waals surface area (Å²) in [4.78, 5) is 188. The molecule has 5 fully saturated rings. The Labute approximate surface area is 591 Å². The Morgan fingerprint density at radius 3 is 1.88 bits per heavy atom. The van der Waals surface area contributed by atoms with Gasteiger partial charge in [0.15, 0.2) is 0 Å². The first kappa shape index (κ1) is 81.3. The number of carbonyl (C=O) groups excluding carboxylic acids is 12. The van der Waals surface area contributed by atoms with Crippen LogP contribution in [0.25, 0.3) is 0 Å². The lowest BCUT2D eigenvalue weighted by Crippen LogP contribution is -2.65. The van der Waals surface area contributed by atoms with Crippen molar-refractivity contribution in [2.75, 3.05) is 101 Å². The number of alkyl halides is 3. The fourth-order valence-corrected chi connectivity index (χ4v) is 16.1. The van der Waals surface area contributed by atoms with Gasteiger partial charge in [-0.05, 0) is 106 Å². The highest BCUT2D eigenvalue weighted by Gasteiger charge is 2.51. The predicted octanol–water partition coefficient (Wildman–Crippen LogP) is 5.45. The van der Waals surface area contributed by atoms with Crippen molar-refractivity contribution < 1.29 is 70.7 Å². The summed E-state index contributed by atoms with van der Waals surface area (Å²) in [6.07, 6.45) is 4.82. The maximum absolute atomic E-state index is 15.5. The summed E-state index contributed by atoms with van der Waals surface area (Å²) >= 11 is 7.23. The van der Waals surface area contributed by atoms with E-state index in [-0.39, 0.29) is 80.7 Å². The molecule has 1 aromatic carbocycles.